The smallest absolute Gasteiger partial charge is 0.233 e. The predicted octanol–water partition coefficient (Wildman–Crippen LogP) is 3.54. The van der Waals surface area contributed by atoms with E-state index in [0.717, 1.165) is 29.9 Å². The van der Waals surface area contributed by atoms with Gasteiger partial charge in [-0.3, -0.25) is 9.59 Å². The van der Waals surface area contributed by atoms with Crippen LogP contribution in [0.3, 0.4) is 0 Å². The Balaban J connectivity index is 1.29. The van der Waals surface area contributed by atoms with E-state index in [9.17, 15) is 9.59 Å². The third-order valence-corrected chi connectivity index (χ3v) is 7.11. The average Bonchev–Trinajstić information content (AvgIpc) is 3.26. The van der Waals surface area contributed by atoms with E-state index in [1.165, 1.54) is 17.4 Å². The van der Waals surface area contributed by atoms with E-state index in [-0.39, 0.29) is 18.2 Å². The molecule has 0 unspecified atom stereocenters. The Hall–Kier alpha value is -3.33. The molecule has 1 aromatic heterocycles. The minimum absolute atomic E-state index is 0.0995. The lowest BCUT2D eigenvalue weighted by molar-refractivity contribution is -0.128. The fourth-order valence-corrected chi connectivity index (χ4v) is 5.16. The first-order chi connectivity index (χ1) is 16.9. The van der Waals surface area contributed by atoms with Crippen LogP contribution in [0, 0.1) is 13.8 Å². The van der Waals surface area contributed by atoms with Gasteiger partial charge in [0, 0.05) is 44.1 Å². The number of nitrogens with zero attached hydrogens (tertiary/aromatic N) is 5. The molecule has 2 aromatic carbocycles. The zero-order chi connectivity index (χ0) is 24.8. The van der Waals surface area contributed by atoms with Gasteiger partial charge in [0.1, 0.15) is 5.82 Å². The normalized spacial score (nSPS) is 13.7. The number of aryl methyl sites for hydroxylation is 2. The molecule has 1 aliphatic heterocycles. The number of aromatic nitrogens is 3. The quantitative estimate of drug-likeness (QED) is 0.485. The topological polar surface area (TPSA) is 83.4 Å². The number of benzene rings is 2. The number of rotatable bonds is 8. The summed E-state index contributed by atoms with van der Waals surface area (Å²) >= 11 is 1.38. The Kier molecular flexibility index (Phi) is 8.07. The van der Waals surface area contributed by atoms with Crippen LogP contribution < -0.4 is 10.2 Å². The molecule has 1 N–H and O–H groups in total. The van der Waals surface area contributed by atoms with Crippen molar-refractivity contribution in [1.82, 2.24) is 19.7 Å². The number of hydrogen-bond donors (Lipinski definition) is 1. The third-order valence-electron chi connectivity index (χ3n) is 6.16. The van der Waals surface area contributed by atoms with Crippen molar-refractivity contribution in [2.24, 2.45) is 0 Å². The van der Waals surface area contributed by atoms with Crippen LogP contribution in [0.1, 0.15) is 23.9 Å². The number of carbonyl (C=O) groups excluding carboxylic acids is 2. The highest BCUT2D eigenvalue weighted by Gasteiger charge is 2.22. The van der Waals surface area contributed by atoms with E-state index in [4.69, 9.17) is 0 Å². The molecular weight excluding hydrogens is 460 g/mol. The number of thioether (sulfide) groups is 1. The number of piperazine rings is 1. The van der Waals surface area contributed by atoms with E-state index >= 15 is 0 Å². The van der Waals surface area contributed by atoms with Gasteiger partial charge >= 0.3 is 0 Å². The molecule has 1 fully saturated rings. The van der Waals surface area contributed by atoms with Gasteiger partial charge in [0.2, 0.25) is 11.8 Å². The zero-order valence-electron chi connectivity index (χ0n) is 20.5. The van der Waals surface area contributed by atoms with Gasteiger partial charge in [-0.15, -0.1) is 10.2 Å². The molecular formula is C26H32N6O2S. The first-order valence-corrected chi connectivity index (χ1v) is 12.9. The van der Waals surface area contributed by atoms with E-state index in [1.54, 1.807) is 0 Å². The second-order valence-corrected chi connectivity index (χ2v) is 9.62. The average molecular weight is 493 g/mol. The van der Waals surface area contributed by atoms with Crippen LogP contribution in [0.15, 0.2) is 53.7 Å². The molecule has 1 aliphatic rings. The van der Waals surface area contributed by atoms with Gasteiger partial charge in [0.25, 0.3) is 0 Å². The molecule has 8 nitrogen and oxygen atoms in total. The Morgan fingerprint density at radius 3 is 2.43 bits per heavy atom. The summed E-state index contributed by atoms with van der Waals surface area (Å²) in [6.07, 6.45) is 0.129. The number of para-hydroxylation sites is 1. The van der Waals surface area contributed by atoms with Crippen LogP contribution in [0.25, 0.3) is 0 Å². The molecule has 2 heterocycles. The molecule has 0 radical (unpaired) electrons. The summed E-state index contributed by atoms with van der Waals surface area (Å²) in [7, 11) is 0. The summed E-state index contributed by atoms with van der Waals surface area (Å²) in [5, 5.41) is 12.1. The molecule has 4 rings (SSSR count). The van der Waals surface area contributed by atoms with Crippen LogP contribution in [0.5, 0.6) is 0 Å². The van der Waals surface area contributed by atoms with E-state index in [1.807, 2.05) is 66.6 Å². The Bertz CT molecular complexity index is 1170. The first-order valence-electron chi connectivity index (χ1n) is 11.9. The lowest BCUT2D eigenvalue weighted by Crippen LogP contribution is -2.49. The van der Waals surface area contributed by atoms with Gasteiger partial charge in [-0.25, -0.2) is 0 Å². The fraction of sp³-hybridized carbons (Fsp3) is 0.385. The van der Waals surface area contributed by atoms with Crippen LogP contribution in [-0.2, 0) is 22.6 Å². The second-order valence-electron chi connectivity index (χ2n) is 8.68. The van der Waals surface area contributed by atoms with E-state index < -0.39 is 0 Å². The standard InChI is InChI=1S/C26H32N6O2S/c1-4-32-23(17-24(33)27-22-11-10-19(2)16-20(22)3)28-29-26(32)35-18-25(34)31-14-12-30(13-15-31)21-8-6-5-7-9-21/h5-11,16H,4,12-15,17-18H2,1-3H3,(H,27,33). The highest BCUT2D eigenvalue weighted by atomic mass is 32.2. The highest BCUT2D eigenvalue weighted by Crippen LogP contribution is 2.21. The van der Waals surface area contributed by atoms with Crippen molar-refractivity contribution >= 4 is 35.0 Å². The maximum absolute atomic E-state index is 12.8. The zero-order valence-corrected chi connectivity index (χ0v) is 21.3. The van der Waals surface area contributed by atoms with Crippen molar-refractivity contribution < 1.29 is 9.59 Å². The maximum Gasteiger partial charge on any atom is 0.233 e. The summed E-state index contributed by atoms with van der Waals surface area (Å²) in [6.45, 7) is 9.68. The Morgan fingerprint density at radius 1 is 1.00 bits per heavy atom. The Morgan fingerprint density at radius 2 is 1.74 bits per heavy atom. The molecule has 0 bridgehead atoms. The van der Waals surface area contributed by atoms with Crippen molar-refractivity contribution in [3.05, 3.63) is 65.5 Å². The second kappa shape index (κ2) is 11.4. The molecule has 184 valence electrons. The summed E-state index contributed by atoms with van der Waals surface area (Å²) < 4.78 is 1.91. The van der Waals surface area contributed by atoms with Crippen molar-refractivity contribution in [2.45, 2.75) is 38.9 Å². The fourth-order valence-electron chi connectivity index (χ4n) is 4.24. The minimum atomic E-state index is -0.136. The molecule has 1 saturated heterocycles. The van der Waals surface area contributed by atoms with Gasteiger partial charge < -0.3 is 19.7 Å². The summed E-state index contributed by atoms with van der Waals surface area (Å²) in [6, 6.07) is 16.2. The van der Waals surface area contributed by atoms with Gasteiger partial charge in [-0.2, -0.15) is 0 Å². The first kappa shape index (κ1) is 24.8. The van der Waals surface area contributed by atoms with Crippen LogP contribution in [0.2, 0.25) is 0 Å². The molecule has 0 spiro atoms. The molecule has 3 aromatic rings. The van der Waals surface area contributed by atoms with Crippen LogP contribution in [0.4, 0.5) is 11.4 Å². The largest absolute Gasteiger partial charge is 0.368 e. The molecule has 0 aliphatic carbocycles. The lowest BCUT2D eigenvalue weighted by Gasteiger charge is -2.36. The highest BCUT2D eigenvalue weighted by molar-refractivity contribution is 7.99. The van der Waals surface area contributed by atoms with E-state index in [2.05, 4.69) is 32.5 Å². The third kappa shape index (κ3) is 6.22. The predicted molar refractivity (Wildman–Crippen MR) is 140 cm³/mol. The van der Waals surface area contributed by atoms with Gasteiger partial charge in [-0.05, 0) is 44.5 Å². The van der Waals surface area contributed by atoms with Gasteiger partial charge in [-0.1, -0.05) is 47.7 Å². The SMILES string of the molecule is CCn1c(CC(=O)Nc2ccc(C)cc2C)nnc1SCC(=O)N1CCN(c2ccccc2)CC1. The molecule has 0 saturated carbocycles. The monoisotopic (exact) mass is 492 g/mol. The number of carbonyl (C=O) groups is 2. The molecule has 2 amide bonds. The van der Waals surface area contributed by atoms with Gasteiger partial charge in [0.05, 0.1) is 12.2 Å². The van der Waals surface area contributed by atoms with Crippen LogP contribution >= 0.6 is 11.8 Å². The Labute approximate surface area is 210 Å². The van der Waals surface area contributed by atoms with Crippen molar-refractivity contribution in [1.29, 1.82) is 0 Å². The number of nitrogens with one attached hydrogen (secondary N) is 1. The summed E-state index contributed by atoms with van der Waals surface area (Å²) in [5.41, 5.74) is 4.17. The maximum atomic E-state index is 12.8. The summed E-state index contributed by atoms with van der Waals surface area (Å²) in [4.78, 5) is 29.7. The molecule has 35 heavy (non-hydrogen) atoms. The number of hydrogen-bond acceptors (Lipinski definition) is 6. The van der Waals surface area contributed by atoms with Crippen molar-refractivity contribution in [3.8, 4) is 0 Å². The minimum Gasteiger partial charge on any atom is -0.368 e. The van der Waals surface area contributed by atoms with E-state index in [0.29, 0.717) is 36.4 Å². The number of amides is 2. The molecule has 9 heteroatoms. The van der Waals surface area contributed by atoms with Crippen LogP contribution in [-0.4, -0.2) is 63.4 Å². The lowest BCUT2D eigenvalue weighted by atomic mass is 10.1. The summed E-state index contributed by atoms with van der Waals surface area (Å²) in [5.74, 6) is 0.866. The van der Waals surface area contributed by atoms with Crippen molar-refractivity contribution in [3.63, 3.8) is 0 Å². The number of anilines is 2. The van der Waals surface area contributed by atoms with Gasteiger partial charge in [0.15, 0.2) is 5.16 Å². The molecule has 0 atom stereocenters. The van der Waals surface area contributed by atoms with Crippen molar-refractivity contribution in [2.75, 3.05) is 42.1 Å².